The predicted molar refractivity (Wildman–Crippen MR) is 116 cm³/mol. The van der Waals surface area contributed by atoms with Gasteiger partial charge in [0.25, 0.3) is 11.8 Å². The first-order chi connectivity index (χ1) is 13.9. The largest absolute Gasteiger partial charge is 0.482 e. The fourth-order valence-corrected chi connectivity index (χ4v) is 3.01. The number of hydrogen-bond donors (Lipinski definition) is 2. The van der Waals surface area contributed by atoms with E-state index in [0.29, 0.717) is 32.7 Å². The van der Waals surface area contributed by atoms with E-state index in [-0.39, 0.29) is 12.5 Å². The molecule has 0 saturated heterocycles. The number of carbonyl (C=O) groups excluding carboxylic acids is 2. The first-order valence-corrected chi connectivity index (χ1v) is 9.53. The van der Waals surface area contributed by atoms with Crippen molar-refractivity contribution in [3.05, 3.63) is 87.9 Å². The number of carbonyl (C=O) groups is 2. The van der Waals surface area contributed by atoms with Gasteiger partial charge in [0.1, 0.15) is 5.75 Å². The second-order valence-electron chi connectivity index (χ2n) is 6.28. The van der Waals surface area contributed by atoms with Gasteiger partial charge in [0.15, 0.2) is 6.61 Å². The minimum absolute atomic E-state index is 0.269. The Kier molecular flexibility index (Phi) is 6.75. The average Bonchev–Trinajstić information content (AvgIpc) is 2.69. The first-order valence-electron chi connectivity index (χ1n) is 8.77. The van der Waals surface area contributed by atoms with E-state index in [1.54, 1.807) is 36.4 Å². The topological polar surface area (TPSA) is 67.4 Å². The molecule has 0 radical (unpaired) electrons. The highest BCUT2D eigenvalue weighted by atomic mass is 35.5. The van der Waals surface area contributed by atoms with Gasteiger partial charge in [0, 0.05) is 10.7 Å². The lowest BCUT2D eigenvalue weighted by atomic mass is 10.1. The molecule has 0 atom stereocenters. The number of para-hydroxylation sites is 1. The van der Waals surface area contributed by atoms with Gasteiger partial charge in [-0.15, -0.1) is 0 Å². The van der Waals surface area contributed by atoms with E-state index in [0.717, 1.165) is 5.56 Å². The second-order valence-corrected chi connectivity index (χ2v) is 7.12. The molecule has 0 spiro atoms. The van der Waals surface area contributed by atoms with Crippen LogP contribution in [-0.4, -0.2) is 18.4 Å². The Morgan fingerprint density at radius 1 is 0.931 bits per heavy atom. The lowest BCUT2D eigenvalue weighted by Gasteiger charge is -2.12. The predicted octanol–water partition coefficient (Wildman–Crippen LogP) is 5.57. The quantitative estimate of drug-likeness (QED) is 0.538. The van der Waals surface area contributed by atoms with Gasteiger partial charge in [-0.3, -0.25) is 9.59 Å². The highest BCUT2D eigenvalue weighted by molar-refractivity contribution is 6.35. The standard InChI is InChI=1S/C22H18Cl2N2O3/c1-14-6-9-16(10-7-14)25-22(28)17-4-2-3-5-19(17)26-21(27)13-29-20-11-8-15(23)12-18(20)24/h2-12H,13H2,1H3,(H,25,28)(H,26,27). The molecular formula is C22H18Cl2N2O3. The summed E-state index contributed by atoms with van der Waals surface area (Å²) in [7, 11) is 0. The third-order valence-corrected chi connectivity index (χ3v) is 4.54. The minimum Gasteiger partial charge on any atom is -0.482 e. The molecule has 0 aromatic heterocycles. The van der Waals surface area contributed by atoms with Crippen molar-refractivity contribution in [1.29, 1.82) is 0 Å². The number of aryl methyl sites for hydroxylation is 1. The Bertz CT molecular complexity index is 1040. The molecule has 3 rings (SSSR count). The Labute approximate surface area is 178 Å². The summed E-state index contributed by atoms with van der Waals surface area (Å²) in [4.78, 5) is 24.9. The molecule has 2 amide bonds. The van der Waals surface area contributed by atoms with Crippen LogP contribution >= 0.6 is 23.2 Å². The van der Waals surface area contributed by atoms with Gasteiger partial charge in [-0.05, 0) is 49.4 Å². The normalized spacial score (nSPS) is 10.3. The number of ether oxygens (including phenoxy) is 1. The van der Waals surface area contributed by atoms with Gasteiger partial charge in [-0.2, -0.15) is 0 Å². The zero-order valence-electron chi connectivity index (χ0n) is 15.5. The monoisotopic (exact) mass is 428 g/mol. The maximum absolute atomic E-state index is 12.6. The number of halogens is 2. The molecule has 5 nitrogen and oxygen atoms in total. The lowest BCUT2D eigenvalue weighted by Crippen LogP contribution is -2.22. The molecule has 0 unspecified atom stereocenters. The third-order valence-electron chi connectivity index (χ3n) is 4.01. The number of rotatable bonds is 6. The third kappa shape index (κ3) is 5.73. The number of nitrogens with one attached hydrogen (secondary N) is 2. The van der Waals surface area contributed by atoms with Crippen LogP contribution in [0.3, 0.4) is 0 Å². The Morgan fingerprint density at radius 3 is 2.38 bits per heavy atom. The van der Waals surface area contributed by atoms with Crippen LogP contribution in [0.25, 0.3) is 0 Å². The van der Waals surface area contributed by atoms with E-state index in [4.69, 9.17) is 27.9 Å². The minimum atomic E-state index is -0.424. The number of amides is 2. The lowest BCUT2D eigenvalue weighted by molar-refractivity contribution is -0.118. The van der Waals surface area contributed by atoms with Crippen LogP contribution in [0, 0.1) is 6.92 Å². The summed E-state index contributed by atoms with van der Waals surface area (Å²) < 4.78 is 5.43. The average molecular weight is 429 g/mol. The molecule has 3 aromatic carbocycles. The summed E-state index contributed by atoms with van der Waals surface area (Å²) in [6.45, 7) is 1.70. The molecule has 148 valence electrons. The van der Waals surface area contributed by atoms with Crippen LogP contribution in [0.4, 0.5) is 11.4 Å². The van der Waals surface area contributed by atoms with E-state index in [1.807, 2.05) is 31.2 Å². The molecule has 0 aliphatic rings. The van der Waals surface area contributed by atoms with E-state index < -0.39 is 5.91 Å². The summed E-state index contributed by atoms with van der Waals surface area (Å²) in [6, 6.07) is 18.9. The maximum atomic E-state index is 12.6. The Hall–Kier alpha value is -3.02. The van der Waals surface area contributed by atoms with Crippen LogP contribution in [0.15, 0.2) is 66.7 Å². The van der Waals surface area contributed by atoms with Crippen LogP contribution in [0.1, 0.15) is 15.9 Å². The van der Waals surface area contributed by atoms with Gasteiger partial charge in [-0.1, -0.05) is 53.0 Å². The molecule has 7 heteroatoms. The first kappa shape index (κ1) is 20.7. The van der Waals surface area contributed by atoms with Crippen LogP contribution in [0.5, 0.6) is 5.75 Å². The highest BCUT2D eigenvalue weighted by Crippen LogP contribution is 2.27. The van der Waals surface area contributed by atoms with Gasteiger partial charge < -0.3 is 15.4 Å². The second kappa shape index (κ2) is 9.45. The fraction of sp³-hybridized carbons (Fsp3) is 0.0909. The zero-order valence-corrected chi connectivity index (χ0v) is 17.1. The van der Waals surface area contributed by atoms with Gasteiger partial charge in [0.2, 0.25) is 0 Å². The van der Waals surface area contributed by atoms with E-state index in [1.165, 1.54) is 6.07 Å². The summed E-state index contributed by atoms with van der Waals surface area (Å²) in [6.07, 6.45) is 0. The van der Waals surface area contributed by atoms with Crippen LogP contribution in [-0.2, 0) is 4.79 Å². The Morgan fingerprint density at radius 2 is 1.66 bits per heavy atom. The summed E-state index contributed by atoms with van der Waals surface area (Å²) in [5, 5.41) is 6.29. The van der Waals surface area contributed by atoms with Gasteiger partial charge >= 0.3 is 0 Å². The summed E-state index contributed by atoms with van der Waals surface area (Å²) in [5.41, 5.74) is 2.48. The molecule has 0 heterocycles. The molecule has 29 heavy (non-hydrogen) atoms. The van der Waals surface area contributed by atoms with E-state index in [2.05, 4.69) is 10.6 Å². The van der Waals surface area contributed by atoms with Crippen molar-refractivity contribution in [2.45, 2.75) is 6.92 Å². The van der Waals surface area contributed by atoms with Crippen molar-refractivity contribution in [3.63, 3.8) is 0 Å². The van der Waals surface area contributed by atoms with E-state index in [9.17, 15) is 9.59 Å². The number of hydrogen-bond acceptors (Lipinski definition) is 3. The number of anilines is 2. The molecule has 3 aromatic rings. The molecular weight excluding hydrogens is 411 g/mol. The zero-order chi connectivity index (χ0) is 20.8. The van der Waals surface area contributed by atoms with Crippen molar-refractivity contribution >= 4 is 46.4 Å². The molecule has 0 aliphatic heterocycles. The molecule has 0 bridgehead atoms. The van der Waals surface area contributed by atoms with Crippen LogP contribution < -0.4 is 15.4 Å². The fourth-order valence-electron chi connectivity index (χ4n) is 2.55. The van der Waals surface area contributed by atoms with Gasteiger partial charge in [-0.25, -0.2) is 0 Å². The smallest absolute Gasteiger partial charge is 0.262 e. The van der Waals surface area contributed by atoms with Crippen molar-refractivity contribution in [1.82, 2.24) is 0 Å². The van der Waals surface area contributed by atoms with Crippen LogP contribution in [0.2, 0.25) is 10.0 Å². The van der Waals surface area contributed by atoms with Crippen molar-refractivity contribution in [3.8, 4) is 5.75 Å². The van der Waals surface area contributed by atoms with Crippen molar-refractivity contribution < 1.29 is 14.3 Å². The molecule has 0 saturated carbocycles. The molecule has 0 fully saturated rings. The SMILES string of the molecule is Cc1ccc(NC(=O)c2ccccc2NC(=O)COc2ccc(Cl)cc2Cl)cc1. The van der Waals surface area contributed by atoms with Crippen molar-refractivity contribution in [2.75, 3.05) is 17.2 Å². The number of benzene rings is 3. The highest BCUT2D eigenvalue weighted by Gasteiger charge is 2.14. The molecule has 0 aliphatic carbocycles. The van der Waals surface area contributed by atoms with E-state index >= 15 is 0 Å². The Balaban J connectivity index is 1.65. The van der Waals surface area contributed by atoms with Gasteiger partial charge in [0.05, 0.1) is 16.3 Å². The maximum Gasteiger partial charge on any atom is 0.262 e. The summed E-state index contributed by atoms with van der Waals surface area (Å²) >= 11 is 11.9. The summed E-state index contributed by atoms with van der Waals surface area (Å²) in [5.74, 6) is -0.408. The molecule has 2 N–H and O–H groups in total. The van der Waals surface area contributed by atoms with Crippen molar-refractivity contribution in [2.24, 2.45) is 0 Å².